The molecule has 0 aliphatic carbocycles. The van der Waals surface area contributed by atoms with Gasteiger partial charge in [0.25, 0.3) is 0 Å². The summed E-state index contributed by atoms with van der Waals surface area (Å²) in [5.41, 5.74) is 0. The zero-order valence-corrected chi connectivity index (χ0v) is 16.9. The number of hydrogen-bond donors (Lipinski definition) is 0. The summed E-state index contributed by atoms with van der Waals surface area (Å²) in [4.78, 5) is 10.9. The molecule has 0 heterocycles. The van der Waals surface area contributed by atoms with Gasteiger partial charge in [-0.3, -0.25) is 0 Å². The van der Waals surface area contributed by atoms with Gasteiger partial charge in [-0.2, -0.15) is 83.4 Å². The summed E-state index contributed by atoms with van der Waals surface area (Å²) < 4.78 is 274. The van der Waals surface area contributed by atoms with Gasteiger partial charge in [-0.25, -0.2) is 13.6 Å². The van der Waals surface area contributed by atoms with Crippen molar-refractivity contribution in [3.8, 4) is 0 Å². The highest BCUT2D eigenvalue weighted by Crippen LogP contribution is 2.58. The quantitative estimate of drug-likeness (QED) is 0.168. The highest BCUT2D eigenvalue weighted by Gasteiger charge is 2.88. The fourth-order valence-corrected chi connectivity index (χ4v) is 1.88. The predicted octanol–water partition coefficient (Wildman–Crippen LogP) is 7.44. The number of halogens is 21. The first-order valence-corrected chi connectivity index (χ1v) is 8.46. The number of hydrogen-bond acceptors (Lipinski definition) is 3. The Balaban J connectivity index is 5.49. The van der Waals surface area contributed by atoms with Gasteiger partial charge in [-0.1, -0.05) is 0 Å². The van der Waals surface area contributed by atoms with E-state index in [0.717, 1.165) is 0 Å². The first kappa shape index (κ1) is 35.8. The van der Waals surface area contributed by atoms with E-state index in [-0.39, 0.29) is 0 Å². The summed E-state index contributed by atoms with van der Waals surface area (Å²) in [5, 5.41) is 0. The second kappa shape index (κ2) is 10.1. The van der Waals surface area contributed by atoms with Crippen LogP contribution in [0.15, 0.2) is 0 Å². The molecule has 0 N–H and O–H groups in total. The molecule has 0 aromatic carbocycles. The van der Waals surface area contributed by atoms with Crippen LogP contribution in [0.5, 0.6) is 0 Å². The van der Waals surface area contributed by atoms with E-state index in [2.05, 4.69) is 9.47 Å². The van der Waals surface area contributed by atoms with Gasteiger partial charge < -0.3 is 9.47 Å². The third kappa shape index (κ3) is 5.71. The summed E-state index contributed by atoms with van der Waals surface area (Å²) >= 11 is 0. The standard InChI is InChI=1S/C14H7F21O3/c15-4(16)8(21,22)11(27,28)12(29,30)10(25,26)7(19,20)3-38-5(36)37-2-1-6(17,18)9(23,24)13(31,32)14(33,34)35/h4H,1-3H2. The van der Waals surface area contributed by atoms with E-state index in [9.17, 15) is 97.0 Å². The minimum atomic E-state index is -8.03. The van der Waals surface area contributed by atoms with Gasteiger partial charge in [0.15, 0.2) is 6.61 Å². The molecular weight excluding hydrogens is 615 g/mol. The topological polar surface area (TPSA) is 35.5 Å². The van der Waals surface area contributed by atoms with Crippen LogP contribution in [0.4, 0.5) is 97.0 Å². The van der Waals surface area contributed by atoms with Gasteiger partial charge in [0.2, 0.25) is 0 Å². The molecule has 0 radical (unpaired) electrons. The average molecular weight is 622 g/mol. The molecule has 0 saturated carbocycles. The summed E-state index contributed by atoms with van der Waals surface area (Å²) in [6.45, 7) is -6.06. The van der Waals surface area contributed by atoms with Crippen LogP contribution in [-0.4, -0.2) is 79.4 Å². The van der Waals surface area contributed by atoms with Crippen LogP contribution in [0.1, 0.15) is 6.42 Å². The fourth-order valence-electron chi connectivity index (χ4n) is 1.88. The molecule has 24 heteroatoms. The Bertz CT molecular complexity index is 830. The molecule has 38 heavy (non-hydrogen) atoms. The molecular formula is C14H7F21O3. The van der Waals surface area contributed by atoms with Crippen LogP contribution in [0.2, 0.25) is 0 Å². The normalized spacial score (nSPS) is 15.6. The lowest BCUT2D eigenvalue weighted by molar-refractivity contribution is -0.414. The lowest BCUT2D eigenvalue weighted by Crippen LogP contribution is -2.69. The van der Waals surface area contributed by atoms with Crippen LogP contribution in [-0.2, 0) is 9.47 Å². The maximum absolute atomic E-state index is 13.4. The van der Waals surface area contributed by atoms with Crippen LogP contribution in [0.3, 0.4) is 0 Å². The smallest absolute Gasteiger partial charge is 0.434 e. The largest absolute Gasteiger partial charge is 0.508 e. The number of ether oxygens (including phenoxy) is 2. The van der Waals surface area contributed by atoms with Gasteiger partial charge in [0.05, 0.1) is 6.42 Å². The summed E-state index contributed by atoms with van der Waals surface area (Å²) in [7, 11) is 0. The van der Waals surface area contributed by atoms with E-state index in [0.29, 0.717) is 0 Å². The molecule has 0 amide bonds. The molecule has 0 spiro atoms. The van der Waals surface area contributed by atoms with Crippen LogP contribution >= 0.6 is 0 Å². The molecule has 0 aliphatic heterocycles. The van der Waals surface area contributed by atoms with Crippen molar-refractivity contribution in [2.45, 2.75) is 66.4 Å². The minimum Gasteiger partial charge on any atom is -0.434 e. The van der Waals surface area contributed by atoms with Crippen molar-refractivity contribution in [1.29, 1.82) is 0 Å². The third-order valence-electron chi connectivity index (χ3n) is 4.16. The number of rotatable bonds is 12. The number of carbonyl (C=O) groups excluding carboxylic acids is 1. The second-order valence-corrected chi connectivity index (χ2v) is 6.84. The monoisotopic (exact) mass is 622 g/mol. The van der Waals surface area contributed by atoms with Crippen molar-refractivity contribution in [1.82, 2.24) is 0 Å². The first-order valence-electron chi connectivity index (χ1n) is 8.46. The molecule has 0 saturated heterocycles. The van der Waals surface area contributed by atoms with Crippen molar-refractivity contribution in [2.24, 2.45) is 0 Å². The molecule has 3 nitrogen and oxygen atoms in total. The van der Waals surface area contributed by atoms with Gasteiger partial charge in [0, 0.05) is 0 Å². The van der Waals surface area contributed by atoms with Crippen molar-refractivity contribution in [2.75, 3.05) is 13.2 Å². The molecule has 228 valence electrons. The molecule has 0 rings (SSSR count). The highest BCUT2D eigenvalue weighted by molar-refractivity contribution is 5.59. The summed E-state index contributed by atoms with van der Waals surface area (Å²) in [5.74, 6) is -59.0. The SMILES string of the molecule is O=C(OCCC(F)(F)C(F)(F)C(F)(F)C(F)(F)F)OCC(F)(F)C(F)(F)C(F)(F)C(F)(F)C(F)(F)C(F)F. The van der Waals surface area contributed by atoms with E-state index < -0.39 is 85.8 Å². The van der Waals surface area contributed by atoms with E-state index in [1.54, 1.807) is 0 Å². The maximum atomic E-state index is 13.4. The van der Waals surface area contributed by atoms with E-state index >= 15 is 0 Å². The molecule has 0 aromatic rings. The van der Waals surface area contributed by atoms with Crippen molar-refractivity contribution in [3.05, 3.63) is 0 Å². The Labute approximate surface area is 193 Å². The number of carbonyl (C=O) groups is 1. The second-order valence-electron chi connectivity index (χ2n) is 6.84. The lowest BCUT2D eigenvalue weighted by Gasteiger charge is -2.38. The summed E-state index contributed by atoms with van der Waals surface area (Å²) in [6, 6.07) is 0. The Morgan fingerprint density at radius 3 is 1.29 bits per heavy atom. The zero-order chi connectivity index (χ0) is 31.2. The molecule has 0 fully saturated rings. The average Bonchev–Trinajstić information content (AvgIpc) is 2.70. The third-order valence-corrected chi connectivity index (χ3v) is 4.16. The maximum Gasteiger partial charge on any atom is 0.508 e. The number of alkyl halides is 21. The van der Waals surface area contributed by atoms with Gasteiger partial charge in [-0.15, -0.1) is 0 Å². The van der Waals surface area contributed by atoms with Crippen LogP contribution in [0, 0.1) is 0 Å². The minimum absolute atomic E-state index is 2.45. The Kier molecular flexibility index (Phi) is 9.50. The molecule has 0 atom stereocenters. The van der Waals surface area contributed by atoms with Crippen molar-refractivity contribution < 1.29 is 106 Å². The Morgan fingerprint density at radius 1 is 0.526 bits per heavy atom. The zero-order valence-electron chi connectivity index (χ0n) is 16.9. The highest BCUT2D eigenvalue weighted by atomic mass is 19.4. The van der Waals surface area contributed by atoms with Gasteiger partial charge in [-0.05, 0) is 0 Å². The van der Waals surface area contributed by atoms with E-state index in [4.69, 9.17) is 0 Å². The van der Waals surface area contributed by atoms with Crippen LogP contribution < -0.4 is 0 Å². The molecule has 0 unspecified atom stereocenters. The van der Waals surface area contributed by atoms with Gasteiger partial charge in [0.1, 0.15) is 6.61 Å². The van der Waals surface area contributed by atoms with Crippen molar-refractivity contribution in [3.63, 3.8) is 0 Å². The summed E-state index contributed by atoms with van der Waals surface area (Å²) in [6.07, 6.45) is -19.1. The van der Waals surface area contributed by atoms with Gasteiger partial charge >= 0.3 is 66.1 Å². The van der Waals surface area contributed by atoms with Crippen molar-refractivity contribution >= 4 is 6.16 Å². The van der Waals surface area contributed by atoms with Crippen LogP contribution in [0.25, 0.3) is 0 Å². The Hall–Kier alpha value is -2.20. The van der Waals surface area contributed by atoms with E-state index in [1.807, 2.05) is 0 Å². The van der Waals surface area contributed by atoms with E-state index in [1.165, 1.54) is 0 Å². The fraction of sp³-hybridized carbons (Fsp3) is 0.929. The molecule has 0 aromatic heterocycles. The molecule has 0 aliphatic rings. The Morgan fingerprint density at radius 2 is 0.921 bits per heavy atom. The molecule has 0 bridgehead atoms. The lowest BCUT2D eigenvalue weighted by atomic mass is 9.94. The first-order chi connectivity index (χ1) is 16.3. The predicted molar refractivity (Wildman–Crippen MR) is 73.6 cm³/mol.